The van der Waals surface area contributed by atoms with Gasteiger partial charge in [0.2, 0.25) is 12.2 Å². The van der Waals surface area contributed by atoms with Crippen molar-refractivity contribution in [3.63, 3.8) is 0 Å². The van der Waals surface area contributed by atoms with Gasteiger partial charge in [0.25, 0.3) is 0 Å². The molecule has 0 aliphatic carbocycles. The van der Waals surface area contributed by atoms with Crippen LogP contribution < -0.4 is 20.1 Å². The van der Waals surface area contributed by atoms with Crippen LogP contribution in [0, 0.1) is 11.5 Å². The maximum atomic E-state index is 13.0. The molecule has 1 heterocycles. The summed E-state index contributed by atoms with van der Waals surface area (Å²) in [5.41, 5.74) is 4.00. The van der Waals surface area contributed by atoms with Gasteiger partial charge in [-0.2, -0.15) is 22.8 Å². The predicted molar refractivity (Wildman–Crippen MR) is 146 cm³/mol. The van der Waals surface area contributed by atoms with Gasteiger partial charge in [-0.25, -0.2) is 0 Å². The van der Waals surface area contributed by atoms with E-state index in [2.05, 4.69) is 30.1 Å². The van der Waals surface area contributed by atoms with Crippen LogP contribution in [0.15, 0.2) is 102 Å². The molecule has 3 aromatic carbocycles. The fourth-order valence-corrected chi connectivity index (χ4v) is 4.19. The number of rotatable bonds is 11. The van der Waals surface area contributed by atoms with Crippen molar-refractivity contribution in [2.24, 2.45) is 4.99 Å². The smallest absolute Gasteiger partial charge is 0.387 e. The summed E-state index contributed by atoms with van der Waals surface area (Å²) >= 11 is 0. The van der Waals surface area contributed by atoms with Gasteiger partial charge in [-0.15, -0.1) is 4.99 Å². The topological polar surface area (TPSA) is 91.6 Å². The molecule has 0 radical (unpaired) electrons. The molecule has 0 spiro atoms. The van der Waals surface area contributed by atoms with Gasteiger partial charge >= 0.3 is 13.2 Å². The average Bonchev–Trinajstić information content (AvgIpc) is 2.97. The number of pyridine rings is 1. The highest BCUT2D eigenvalue weighted by molar-refractivity contribution is 5.94. The third-order valence-corrected chi connectivity index (χ3v) is 6.03. The van der Waals surface area contributed by atoms with Crippen LogP contribution in [-0.2, 0) is 13.0 Å². The SMILES string of the molecule is N#CN=C(NCc1ccccc1)Nc1ccc(C[C@H](c2ccncc2)c2ccc(OC(F)F)c(OC(F)F)c2)cc1. The number of benzene rings is 3. The van der Waals surface area contributed by atoms with Crippen molar-refractivity contribution in [2.75, 3.05) is 5.32 Å². The van der Waals surface area contributed by atoms with E-state index < -0.39 is 24.7 Å². The Kier molecular flexibility index (Phi) is 10.1. The summed E-state index contributed by atoms with van der Waals surface area (Å²) in [5.74, 6) is -1.02. The first-order valence-electron chi connectivity index (χ1n) is 12.5. The van der Waals surface area contributed by atoms with Gasteiger partial charge in [-0.05, 0) is 65.1 Å². The number of nitriles is 1. The van der Waals surface area contributed by atoms with E-state index in [1.165, 1.54) is 12.1 Å². The first-order chi connectivity index (χ1) is 19.9. The van der Waals surface area contributed by atoms with Crippen molar-refractivity contribution in [1.29, 1.82) is 5.26 Å². The molecule has 1 aromatic heterocycles. The van der Waals surface area contributed by atoms with Crippen LogP contribution in [0.3, 0.4) is 0 Å². The van der Waals surface area contributed by atoms with E-state index in [9.17, 15) is 17.6 Å². The first-order valence-corrected chi connectivity index (χ1v) is 12.5. The molecule has 4 rings (SSSR count). The van der Waals surface area contributed by atoms with E-state index in [-0.39, 0.29) is 11.9 Å². The molecular formula is C30H25F4N5O2. The van der Waals surface area contributed by atoms with E-state index in [1.807, 2.05) is 54.6 Å². The second kappa shape index (κ2) is 14.3. The van der Waals surface area contributed by atoms with Gasteiger partial charge in [0.1, 0.15) is 0 Å². The van der Waals surface area contributed by atoms with Crippen molar-refractivity contribution in [2.45, 2.75) is 32.1 Å². The van der Waals surface area contributed by atoms with Crippen LogP contribution in [0.1, 0.15) is 28.2 Å². The molecule has 4 aromatic rings. The molecule has 7 nitrogen and oxygen atoms in total. The predicted octanol–water partition coefficient (Wildman–Crippen LogP) is 6.70. The lowest BCUT2D eigenvalue weighted by atomic mass is 9.86. The van der Waals surface area contributed by atoms with Crippen molar-refractivity contribution in [3.05, 3.63) is 120 Å². The number of alkyl halides is 4. The highest BCUT2D eigenvalue weighted by atomic mass is 19.3. The van der Waals surface area contributed by atoms with Crippen molar-refractivity contribution < 1.29 is 27.0 Å². The van der Waals surface area contributed by atoms with Gasteiger partial charge in [0.15, 0.2) is 11.5 Å². The number of aliphatic imine (C=N–C) groups is 1. The van der Waals surface area contributed by atoms with Crippen molar-refractivity contribution in [3.8, 4) is 17.7 Å². The van der Waals surface area contributed by atoms with Gasteiger partial charge < -0.3 is 20.1 Å². The molecule has 0 unspecified atom stereocenters. The lowest BCUT2D eigenvalue weighted by Gasteiger charge is -2.21. The number of halogens is 4. The fourth-order valence-electron chi connectivity index (χ4n) is 4.19. The van der Waals surface area contributed by atoms with E-state index in [1.54, 1.807) is 36.8 Å². The maximum Gasteiger partial charge on any atom is 0.387 e. The van der Waals surface area contributed by atoms with Gasteiger partial charge in [-0.3, -0.25) is 4.98 Å². The number of anilines is 1. The normalized spacial score (nSPS) is 12.1. The standard InChI is InChI=1S/C30H25F4N5O2/c31-28(32)40-26-11-8-23(17-27(26)41-29(33)34)25(22-12-14-36-15-13-22)16-20-6-9-24(10-7-20)39-30(38-19-35)37-18-21-4-2-1-3-5-21/h1-15,17,25,28-29H,16,18H2,(H2,37,38,39)/t25-/m1/s1. The first kappa shape index (κ1) is 28.9. The summed E-state index contributed by atoms with van der Waals surface area (Å²) in [6, 6.07) is 24.7. The molecule has 41 heavy (non-hydrogen) atoms. The van der Waals surface area contributed by atoms with Crippen LogP contribution in [0.25, 0.3) is 0 Å². The number of guanidine groups is 1. The Bertz CT molecular complexity index is 1460. The van der Waals surface area contributed by atoms with E-state index in [0.717, 1.165) is 16.7 Å². The largest absolute Gasteiger partial charge is 0.431 e. The molecule has 0 amide bonds. The van der Waals surface area contributed by atoms with Crippen LogP contribution in [-0.4, -0.2) is 24.2 Å². The highest BCUT2D eigenvalue weighted by Crippen LogP contribution is 2.37. The van der Waals surface area contributed by atoms with Crippen molar-refractivity contribution >= 4 is 11.6 Å². The minimum Gasteiger partial charge on any atom is -0.431 e. The molecule has 0 saturated carbocycles. The average molecular weight is 564 g/mol. The number of nitrogens with one attached hydrogen (secondary N) is 2. The van der Waals surface area contributed by atoms with Gasteiger partial charge in [0, 0.05) is 30.5 Å². The van der Waals surface area contributed by atoms with Gasteiger partial charge in [0.05, 0.1) is 0 Å². The lowest BCUT2D eigenvalue weighted by molar-refractivity contribution is -0.0692. The molecule has 11 heteroatoms. The Balaban J connectivity index is 1.54. The number of nitrogens with zero attached hydrogens (tertiary/aromatic N) is 3. The second-order valence-electron chi connectivity index (χ2n) is 8.72. The summed E-state index contributed by atoms with van der Waals surface area (Å²) in [4.78, 5) is 7.86. The van der Waals surface area contributed by atoms with Crippen LogP contribution in [0.4, 0.5) is 23.2 Å². The third-order valence-electron chi connectivity index (χ3n) is 6.03. The fraction of sp³-hybridized carbons (Fsp3) is 0.167. The zero-order valence-corrected chi connectivity index (χ0v) is 21.6. The third kappa shape index (κ3) is 8.69. The number of hydrogen-bond acceptors (Lipinski definition) is 5. The quantitative estimate of drug-likeness (QED) is 0.0914. The second-order valence-corrected chi connectivity index (χ2v) is 8.72. The summed E-state index contributed by atoms with van der Waals surface area (Å²) in [6.45, 7) is -5.95. The van der Waals surface area contributed by atoms with Gasteiger partial charge in [-0.1, -0.05) is 48.5 Å². The summed E-state index contributed by atoms with van der Waals surface area (Å²) in [5, 5.41) is 15.3. The van der Waals surface area contributed by atoms with Crippen molar-refractivity contribution in [1.82, 2.24) is 10.3 Å². The molecular weight excluding hydrogens is 538 g/mol. The summed E-state index contributed by atoms with van der Waals surface area (Å²) in [7, 11) is 0. The molecule has 0 aliphatic heterocycles. The monoisotopic (exact) mass is 563 g/mol. The zero-order valence-electron chi connectivity index (χ0n) is 21.6. The Morgan fingerprint density at radius 1 is 0.805 bits per heavy atom. The minimum atomic E-state index is -3.22. The highest BCUT2D eigenvalue weighted by Gasteiger charge is 2.21. The Labute approximate surface area is 234 Å². The van der Waals surface area contributed by atoms with E-state index >= 15 is 0 Å². The zero-order chi connectivity index (χ0) is 29.0. The molecule has 0 bridgehead atoms. The van der Waals surface area contributed by atoms with Crippen LogP contribution in [0.2, 0.25) is 0 Å². The molecule has 0 saturated heterocycles. The van der Waals surface area contributed by atoms with E-state index in [0.29, 0.717) is 24.2 Å². The molecule has 210 valence electrons. The summed E-state index contributed by atoms with van der Waals surface area (Å²) < 4.78 is 60.6. The van der Waals surface area contributed by atoms with E-state index in [4.69, 9.17) is 5.26 Å². The Morgan fingerprint density at radius 3 is 2.15 bits per heavy atom. The molecule has 2 N–H and O–H groups in total. The molecule has 0 fully saturated rings. The van der Waals surface area contributed by atoms with Crippen LogP contribution >= 0.6 is 0 Å². The lowest BCUT2D eigenvalue weighted by Crippen LogP contribution is -2.30. The number of ether oxygens (including phenoxy) is 2. The minimum absolute atomic E-state index is 0.288. The maximum absolute atomic E-state index is 13.0. The summed E-state index contributed by atoms with van der Waals surface area (Å²) in [6.07, 6.45) is 5.44. The molecule has 1 atom stereocenters. The number of aromatic nitrogens is 1. The molecule has 0 aliphatic rings. The van der Waals surface area contributed by atoms with Crippen LogP contribution in [0.5, 0.6) is 11.5 Å². The number of hydrogen-bond donors (Lipinski definition) is 2. The Hall–Kier alpha value is -5.11. The Morgan fingerprint density at radius 2 is 1.49 bits per heavy atom.